The van der Waals surface area contributed by atoms with Crippen molar-refractivity contribution in [3.05, 3.63) is 42.3 Å². The molecule has 0 aliphatic rings. The zero-order chi connectivity index (χ0) is 9.97. The number of aromatic nitrogens is 1. The molecule has 0 amide bonds. The zero-order valence-electron chi connectivity index (χ0n) is 8.40. The number of aryl methyl sites for hydroxylation is 1. The predicted molar refractivity (Wildman–Crippen MR) is 59.0 cm³/mol. The monoisotopic (exact) mass is 187 g/mol. The van der Waals surface area contributed by atoms with Crippen molar-refractivity contribution < 1.29 is 4.74 Å². The van der Waals surface area contributed by atoms with Gasteiger partial charge < -0.3 is 9.30 Å². The highest BCUT2D eigenvalue weighted by atomic mass is 16.5. The molecule has 0 N–H and O–H groups in total. The lowest BCUT2D eigenvalue weighted by atomic mass is 10.2. The highest BCUT2D eigenvalue weighted by Gasteiger charge is 2.00. The molecule has 2 rings (SSSR count). The maximum absolute atomic E-state index is 4.90. The summed E-state index contributed by atoms with van der Waals surface area (Å²) in [6, 6.07) is 10.5. The number of hydrogen-bond acceptors (Lipinski definition) is 1. The van der Waals surface area contributed by atoms with Crippen LogP contribution in [0, 0.1) is 0 Å². The van der Waals surface area contributed by atoms with Crippen LogP contribution in [0.15, 0.2) is 36.6 Å². The number of benzene rings is 1. The van der Waals surface area contributed by atoms with Gasteiger partial charge in [-0.25, -0.2) is 0 Å². The maximum atomic E-state index is 4.90. The van der Waals surface area contributed by atoms with Crippen LogP contribution in [-0.4, -0.2) is 11.7 Å². The topological polar surface area (TPSA) is 14.2 Å². The average Bonchev–Trinajstić information content (AvgIpc) is 2.54. The summed E-state index contributed by atoms with van der Waals surface area (Å²) in [6.07, 6.45) is 3.65. The van der Waals surface area contributed by atoms with Crippen LogP contribution in [0.2, 0.25) is 0 Å². The van der Waals surface area contributed by atoms with Crippen LogP contribution < -0.4 is 0 Å². The molecule has 2 heteroatoms. The molecular formula is C12H13NO. The molecule has 0 bridgehead atoms. The summed E-state index contributed by atoms with van der Waals surface area (Å²) in [5.74, 6) is 0. The molecular weight excluding hydrogens is 174 g/mol. The van der Waals surface area contributed by atoms with Gasteiger partial charge in [0.05, 0.1) is 13.4 Å². The third-order valence-electron chi connectivity index (χ3n) is 2.36. The molecule has 14 heavy (non-hydrogen) atoms. The number of rotatable bonds is 2. The molecule has 0 saturated heterocycles. The van der Waals surface area contributed by atoms with Gasteiger partial charge in [-0.05, 0) is 18.2 Å². The Hall–Kier alpha value is -1.70. The van der Waals surface area contributed by atoms with Crippen LogP contribution in [0.1, 0.15) is 5.69 Å². The van der Waals surface area contributed by atoms with Gasteiger partial charge in [-0.2, -0.15) is 0 Å². The minimum Gasteiger partial charge on any atom is -0.504 e. The Bertz CT molecular complexity index is 468. The molecule has 0 aliphatic heterocycles. The Labute approximate surface area is 83.4 Å². The summed E-state index contributed by atoms with van der Waals surface area (Å²) >= 11 is 0. The van der Waals surface area contributed by atoms with E-state index in [2.05, 4.69) is 29.8 Å². The first-order valence-corrected chi connectivity index (χ1v) is 4.57. The number of para-hydroxylation sites is 1. The van der Waals surface area contributed by atoms with Gasteiger partial charge in [0.2, 0.25) is 0 Å². The van der Waals surface area contributed by atoms with E-state index in [9.17, 15) is 0 Å². The molecule has 1 heterocycles. The highest BCUT2D eigenvalue weighted by Crippen LogP contribution is 2.18. The molecule has 1 aromatic heterocycles. The highest BCUT2D eigenvalue weighted by molar-refractivity contribution is 5.83. The first kappa shape index (κ1) is 8.88. The zero-order valence-corrected chi connectivity index (χ0v) is 8.40. The summed E-state index contributed by atoms with van der Waals surface area (Å²) in [4.78, 5) is 0. The lowest BCUT2D eigenvalue weighted by Crippen LogP contribution is -1.89. The van der Waals surface area contributed by atoms with Gasteiger partial charge in [0.1, 0.15) is 0 Å². The van der Waals surface area contributed by atoms with Gasteiger partial charge in [0.15, 0.2) is 0 Å². The minimum absolute atomic E-state index is 1.15. The summed E-state index contributed by atoms with van der Waals surface area (Å²) < 4.78 is 7.05. The lowest BCUT2D eigenvalue weighted by Gasteiger charge is -1.98. The molecule has 0 atom stereocenters. The summed E-state index contributed by atoms with van der Waals surface area (Å²) in [6.45, 7) is 0. The van der Waals surface area contributed by atoms with Gasteiger partial charge in [-0.3, -0.25) is 0 Å². The van der Waals surface area contributed by atoms with Gasteiger partial charge in [0, 0.05) is 23.6 Å². The van der Waals surface area contributed by atoms with Crippen molar-refractivity contribution in [1.29, 1.82) is 0 Å². The molecule has 0 spiro atoms. The molecule has 2 aromatic rings. The number of hydrogen-bond donors (Lipinski definition) is 0. The summed E-state index contributed by atoms with van der Waals surface area (Å²) in [7, 11) is 3.71. The SMILES string of the molecule is CO/C=C/c1cc2ccccc2n1C. The van der Waals surface area contributed by atoms with E-state index in [4.69, 9.17) is 4.74 Å². The fraction of sp³-hybridized carbons (Fsp3) is 0.167. The van der Waals surface area contributed by atoms with E-state index in [1.54, 1.807) is 13.4 Å². The van der Waals surface area contributed by atoms with Crippen molar-refractivity contribution in [2.75, 3.05) is 7.11 Å². The first-order chi connectivity index (χ1) is 6.83. The number of nitrogens with zero attached hydrogens (tertiary/aromatic N) is 1. The van der Waals surface area contributed by atoms with E-state index in [0.717, 1.165) is 5.69 Å². The largest absolute Gasteiger partial charge is 0.504 e. The molecule has 0 saturated carbocycles. The second kappa shape index (κ2) is 3.58. The minimum atomic E-state index is 1.15. The van der Waals surface area contributed by atoms with Crippen molar-refractivity contribution in [3.63, 3.8) is 0 Å². The quantitative estimate of drug-likeness (QED) is 0.659. The van der Waals surface area contributed by atoms with Crippen LogP contribution in [0.4, 0.5) is 0 Å². The van der Waals surface area contributed by atoms with Crippen LogP contribution in [0.25, 0.3) is 17.0 Å². The second-order valence-electron chi connectivity index (χ2n) is 3.23. The van der Waals surface area contributed by atoms with Crippen LogP contribution in [0.3, 0.4) is 0 Å². The predicted octanol–water partition coefficient (Wildman–Crippen LogP) is 2.80. The Kier molecular flexibility index (Phi) is 2.27. The fourth-order valence-electron chi connectivity index (χ4n) is 1.61. The van der Waals surface area contributed by atoms with Crippen LogP contribution >= 0.6 is 0 Å². The van der Waals surface area contributed by atoms with E-state index >= 15 is 0 Å². The van der Waals surface area contributed by atoms with Gasteiger partial charge in [-0.1, -0.05) is 18.2 Å². The van der Waals surface area contributed by atoms with Crippen molar-refractivity contribution in [1.82, 2.24) is 4.57 Å². The molecule has 0 aliphatic carbocycles. The lowest BCUT2D eigenvalue weighted by molar-refractivity contribution is 0.341. The van der Waals surface area contributed by atoms with Crippen molar-refractivity contribution in [3.8, 4) is 0 Å². The molecule has 0 unspecified atom stereocenters. The van der Waals surface area contributed by atoms with E-state index < -0.39 is 0 Å². The third kappa shape index (κ3) is 1.39. The van der Waals surface area contributed by atoms with Crippen LogP contribution in [0.5, 0.6) is 0 Å². The molecule has 2 nitrogen and oxygen atoms in total. The van der Waals surface area contributed by atoms with Crippen molar-refractivity contribution in [2.24, 2.45) is 7.05 Å². The fourth-order valence-corrected chi connectivity index (χ4v) is 1.61. The standard InChI is InChI=1S/C12H13NO/c1-13-11(7-8-14-2)9-10-5-3-4-6-12(10)13/h3-9H,1-2H3/b8-7+. The molecule has 0 fully saturated rings. The normalized spacial score (nSPS) is 11.3. The number of methoxy groups -OCH3 is 1. The molecule has 0 radical (unpaired) electrons. The maximum Gasteiger partial charge on any atom is 0.0845 e. The molecule has 1 aromatic carbocycles. The van der Waals surface area contributed by atoms with Crippen molar-refractivity contribution in [2.45, 2.75) is 0 Å². The van der Waals surface area contributed by atoms with Gasteiger partial charge >= 0.3 is 0 Å². The van der Waals surface area contributed by atoms with Crippen molar-refractivity contribution >= 4 is 17.0 Å². The Balaban J connectivity index is 2.57. The summed E-state index contributed by atoms with van der Waals surface area (Å²) in [5, 5.41) is 1.26. The Morgan fingerprint density at radius 2 is 2.07 bits per heavy atom. The van der Waals surface area contributed by atoms with Gasteiger partial charge in [-0.15, -0.1) is 0 Å². The smallest absolute Gasteiger partial charge is 0.0845 e. The Morgan fingerprint density at radius 1 is 1.29 bits per heavy atom. The van der Waals surface area contributed by atoms with Gasteiger partial charge in [0.25, 0.3) is 0 Å². The summed E-state index contributed by atoms with van der Waals surface area (Å²) in [5.41, 5.74) is 2.39. The third-order valence-corrected chi connectivity index (χ3v) is 2.36. The first-order valence-electron chi connectivity index (χ1n) is 4.57. The van der Waals surface area contributed by atoms with E-state index in [1.807, 2.05) is 18.2 Å². The average molecular weight is 187 g/mol. The molecule has 72 valence electrons. The van der Waals surface area contributed by atoms with E-state index in [0.29, 0.717) is 0 Å². The second-order valence-corrected chi connectivity index (χ2v) is 3.23. The van der Waals surface area contributed by atoms with E-state index in [1.165, 1.54) is 10.9 Å². The van der Waals surface area contributed by atoms with E-state index in [-0.39, 0.29) is 0 Å². The Morgan fingerprint density at radius 3 is 2.79 bits per heavy atom. The number of fused-ring (bicyclic) bond motifs is 1. The van der Waals surface area contributed by atoms with Crippen LogP contribution in [-0.2, 0) is 11.8 Å². The number of ether oxygens (including phenoxy) is 1.